The summed E-state index contributed by atoms with van der Waals surface area (Å²) in [6, 6.07) is 0. The fourth-order valence-corrected chi connectivity index (χ4v) is 4.92. The Morgan fingerprint density at radius 1 is 1.07 bits per heavy atom. The van der Waals surface area contributed by atoms with Crippen molar-refractivity contribution in [2.45, 2.75) is 124 Å². The minimum absolute atomic E-state index is 0.0109. The third kappa shape index (κ3) is 4.94. The maximum Gasteiger partial charge on any atom is 0.157 e. The Hall–Kier alpha value is -0.990. The first-order valence-electron chi connectivity index (χ1n) is 11.8. The number of aromatic nitrogens is 3. The SMILES string of the molecule is CCC(C)CC(CC)CC(C)(CC)c1nnc2c(n1)C(C)(C)CC[C@@H]2C(C)C. The molecule has 1 aliphatic rings. The van der Waals surface area contributed by atoms with Gasteiger partial charge in [0.25, 0.3) is 0 Å². The van der Waals surface area contributed by atoms with Gasteiger partial charge in [-0.1, -0.05) is 75.2 Å². The van der Waals surface area contributed by atoms with Crippen LogP contribution in [0.15, 0.2) is 0 Å². The number of fused-ring (bicyclic) bond motifs is 1. The van der Waals surface area contributed by atoms with Gasteiger partial charge in [-0.25, -0.2) is 4.98 Å². The van der Waals surface area contributed by atoms with Gasteiger partial charge in [0.05, 0.1) is 11.4 Å². The third-order valence-electron chi connectivity index (χ3n) is 7.66. The first-order chi connectivity index (χ1) is 13.1. The standard InChI is InChI=1S/C25H45N3/c1-10-18(6)15-19(11-2)16-25(9,12-3)23-26-22-21(27-28-23)20(17(4)5)13-14-24(22,7)8/h17-20H,10-16H2,1-9H3/t18?,19?,20-,25?/m1/s1. The third-order valence-corrected chi connectivity index (χ3v) is 7.66. The molecule has 0 bridgehead atoms. The van der Waals surface area contributed by atoms with Crippen LogP contribution in [0.4, 0.5) is 0 Å². The lowest BCUT2D eigenvalue weighted by molar-refractivity contribution is 0.258. The molecule has 0 radical (unpaired) electrons. The van der Waals surface area contributed by atoms with E-state index in [1.807, 2.05) is 0 Å². The highest BCUT2D eigenvalue weighted by Crippen LogP contribution is 2.44. The molecule has 4 atom stereocenters. The van der Waals surface area contributed by atoms with Crippen molar-refractivity contribution in [3.05, 3.63) is 17.2 Å². The van der Waals surface area contributed by atoms with E-state index in [4.69, 9.17) is 15.2 Å². The van der Waals surface area contributed by atoms with Crippen molar-refractivity contribution in [3.63, 3.8) is 0 Å². The maximum absolute atomic E-state index is 5.25. The number of nitrogens with zero attached hydrogens (tertiary/aromatic N) is 3. The first kappa shape index (κ1) is 23.3. The van der Waals surface area contributed by atoms with E-state index in [0.29, 0.717) is 11.8 Å². The van der Waals surface area contributed by atoms with Crippen LogP contribution in [0.3, 0.4) is 0 Å². The van der Waals surface area contributed by atoms with Crippen LogP contribution in [0.25, 0.3) is 0 Å². The predicted molar refractivity (Wildman–Crippen MR) is 120 cm³/mol. The number of hydrogen-bond acceptors (Lipinski definition) is 3. The summed E-state index contributed by atoms with van der Waals surface area (Å²) in [5, 5.41) is 9.59. The summed E-state index contributed by atoms with van der Waals surface area (Å²) in [6.07, 6.45) is 8.43. The van der Waals surface area contributed by atoms with Gasteiger partial charge in [-0.05, 0) is 49.9 Å². The topological polar surface area (TPSA) is 38.7 Å². The van der Waals surface area contributed by atoms with E-state index in [2.05, 4.69) is 62.3 Å². The number of hydrogen-bond donors (Lipinski definition) is 0. The minimum atomic E-state index is 0.0109. The molecule has 0 aromatic carbocycles. The first-order valence-corrected chi connectivity index (χ1v) is 11.8. The molecule has 0 spiro atoms. The molecule has 0 fully saturated rings. The van der Waals surface area contributed by atoms with E-state index in [1.54, 1.807) is 0 Å². The second-order valence-electron chi connectivity index (χ2n) is 10.8. The smallest absolute Gasteiger partial charge is 0.157 e. The predicted octanol–water partition coefficient (Wildman–Crippen LogP) is 7.20. The van der Waals surface area contributed by atoms with Gasteiger partial charge in [0.2, 0.25) is 0 Å². The molecule has 3 heteroatoms. The molecule has 3 nitrogen and oxygen atoms in total. The van der Waals surface area contributed by atoms with Crippen LogP contribution >= 0.6 is 0 Å². The lowest BCUT2D eigenvalue weighted by Gasteiger charge is -2.38. The highest BCUT2D eigenvalue weighted by atomic mass is 15.2. The molecule has 0 saturated heterocycles. The van der Waals surface area contributed by atoms with Gasteiger partial charge in [-0.15, -0.1) is 5.10 Å². The molecular formula is C25H45N3. The molecule has 0 aliphatic heterocycles. The van der Waals surface area contributed by atoms with E-state index in [0.717, 1.165) is 24.1 Å². The number of rotatable bonds is 9. The molecule has 160 valence electrons. The Balaban J connectivity index is 2.39. The highest BCUT2D eigenvalue weighted by molar-refractivity contribution is 5.28. The molecular weight excluding hydrogens is 342 g/mol. The molecule has 1 aromatic rings. The van der Waals surface area contributed by atoms with Crippen molar-refractivity contribution < 1.29 is 0 Å². The Morgan fingerprint density at radius 3 is 2.29 bits per heavy atom. The van der Waals surface area contributed by atoms with E-state index in [-0.39, 0.29) is 10.8 Å². The lowest BCUT2D eigenvalue weighted by atomic mass is 9.70. The maximum atomic E-state index is 5.25. The van der Waals surface area contributed by atoms with Crippen LogP contribution in [-0.2, 0) is 10.8 Å². The van der Waals surface area contributed by atoms with Crippen molar-refractivity contribution in [2.24, 2.45) is 17.8 Å². The van der Waals surface area contributed by atoms with Crippen LogP contribution in [0.2, 0.25) is 0 Å². The van der Waals surface area contributed by atoms with E-state index < -0.39 is 0 Å². The fraction of sp³-hybridized carbons (Fsp3) is 0.880. The van der Waals surface area contributed by atoms with Crippen molar-refractivity contribution in [1.29, 1.82) is 0 Å². The Morgan fingerprint density at radius 2 is 1.75 bits per heavy atom. The summed E-state index contributed by atoms with van der Waals surface area (Å²) < 4.78 is 0. The van der Waals surface area contributed by atoms with Crippen LogP contribution in [0.5, 0.6) is 0 Å². The highest BCUT2D eigenvalue weighted by Gasteiger charge is 2.39. The average molecular weight is 388 g/mol. The zero-order chi connectivity index (χ0) is 21.1. The van der Waals surface area contributed by atoms with Gasteiger partial charge in [0, 0.05) is 16.7 Å². The Labute approximate surface area is 174 Å². The van der Waals surface area contributed by atoms with E-state index in [9.17, 15) is 0 Å². The van der Waals surface area contributed by atoms with E-state index in [1.165, 1.54) is 49.9 Å². The van der Waals surface area contributed by atoms with Crippen molar-refractivity contribution in [2.75, 3.05) is 0 Å². The van der Waals surface area contributed by atoms with Gasteiger partial charge in [-0.2, -0.15) is 5.10 Å². The van der Waals surface area contributed by atoms with Gasteiger partial charge in [0.1, 0.15) is 0 Å². The molecule has 28 heavy (non-hydrogen) atoms. The lowest BCUT2D eigenvalue weighted by Crippen LogP contribution is -2.35. The summed E-state index contributed by atoms with van der Waals surface area (Å²) in [6.45, 7) is 21.0. The summed E-state index contributed by atoms with van der Waals surface area (Å²) >= 11 is 0. The molecule has 1 heterocycles. The molecule has 0 N–H and O–H groups in total. The summed E-state index contributed by atoms with van der Waals surface area (Å²) in [4.78, 5) is 5.25. The van der Waals surface area contributed by atoms with Crippen LogP contribution < -0.4 is 0 Å². The molecule has 2 rings (SSSR count). The van der Waals surface area contributed by atoms with Crippen molar-refractivity contribution in [1.82, 2.24) is 15.2 Å². The van der Waals surface area contributed by atoms with Gasteiger partial charge >= 0.3 is 0 Å². The fourth-order valence-electron chi connectivity index (χ4n) is 4.92. The monoisotopic (exact) mass is 387 g/mol. The minimum Gasteiger partial charge on any atom is -0.233 e. The molecule has 3 unspecified atom stereocenters. The Kier molecular flexibility index (Phi) is 7.67. The van der Waals surface area contributed by atoms with Crippen LogP contribution in [0, 0.1) is 17.8 Å². The Bertz CT molecular complexity index is 637. The molecule has 1 aromatic heterocycles. The second-order valence-corrected chi connectivity index (χ2v) is 10.8. The molecule has 0 saturated carbocycles. The largest absolute Gasteiger partial charge is 0.233 e. The zero-order valence-corrected chi connectivity index (χ0v) is 20.1. The second kappa shape index (κ2) is 9.22. The van der Waals surface area contributed by atoms with Crippen molar-refractivity contribution >= 4 is 0 Å². The average Bonchev–Trinajstić information content (AvgIpc) is 2.66. The quantitative estimate of drug-likeness (QED) is 0.449. The van der Waals surface area contributed by atoms with Gasteiger partial charge in [-0.3, -0.25) is 0 Å². The van der Waals surface area contributed by atoms with Crippen LogP contribution in [0.1, 0.15) is 130 Å². The summed E-state index contributed by atoms with van der Waals surface area (Å²) in [5.41, 5.74) is 2.50. The molecule has 1 aliphatic carbocycles. The summed E-state index contributed by atoms with van der Waals surface area (Å²) in [5.74, 6) is 3.59. The zero-order valence-electron chi connectivity index (χ0n) is 20.1. The normalized spacial score (nSPS) is 23.1. The van der Waals surface area contributed by atoms with Crippen LogP contribution in [-0.4, -0.2) is 15.2 Å². The van der Waals surface area contributed by atoms with Gasteiger partial charge in [0.15, 0.2) is 5.82 Å². The summed E-state index contributed by atoms with van der Waals surface area (Å²) in [7, 11) is 0. The van der Waals surface area contributed by atoms with Crippen molar-refractivity contribution in [3.8, 4) is 0 Å². The van der Waals surface area contributed by atoms with E-state index >= 15 is 0 Å². The van der Waals surface area contributed by atoms with Gasteiger partial charge < -0.3 is 0 Å². The molecule has 0 amide bonds.